The van der Waals surface area contributed by atoms with E-state index in [2.05, 4.69) is 12.2 Å². The molecule has 1 saturated carbocycles. The molecule has 8 nitrogen and oxygen atoms in total. The van der Waals surface area contributed by atoms with Crippen LogP contribution in [0.1, 0.15) is 43.0 Å². The predicted molar refractivity (Wildman–Crippen MR) is 107 cm³/mol. The number of rotatable bonds is 8. The summed E-state index contributed by atoms with van der Waals surface area (Å²) in [4.78, 5) is 38.1. The second-order valence-corrected chi connectivity index (χ2v) is 7.36. The van der Waals surface area contributed by atoms with E-state index in [1.165, 1.54) is 26.4 Å². The van der Waals surface area contributed by atoms with E-state index < -0.39 is 11.9 Å². The first-order valence-corrected chi connectivity index (χ1v) is 9.76. The molecular formula is C21H30N2O6. The summed E-state index contributed by atoms with van der Waals surface area (Å²) in [6.45, 7) is 1.55. The number of nitrogens with one attached hydrogen (secondary N) is 1. The first-order valence-electron chi connectivity index (χ1n) is 9.76. The lowest BCUT2D eigenvalue weighted by Crippen LogP contribution is -2.42. The van der Waals surface area contributed by atoms with Crippen LogP contribution in [0.2, 0.25) is 0 Å². The van der Waals surface area contributed by atoms with Gasteiger partial charge in [0.2, 0.25) is 0 Å². The quantitative estimate of drug-likeness (QED) is 0.664. The van der Waals surface area contributed by atoms with Gasteiger partial charge < -0.3 is 24.4 Å². The highest BCUT2D eigenvalue weighted by Crippen LogP contribution is 2.26. The van der Waals surface area contributed by atoms with Crippen LogP contribution in [0.25, 0.3) is 0 Å². The molecule has 0 aromatic heterocycles. The monoisotopic (exact) mass is 406 g/mol. The van der Waals surface area contributed by atoms with Crippen LogP contribution in [-0.2, 0) is 14.3 Å². The normalized spacial score (nSPS) is 18.5. The van der Waals surface area contributed by atoms with Gasteiger partial charge in [-0.25, -0.2) is 0 Å². The molecule has 1 aromatic rings. The molecule has 8 heteroatoms. The molecule has 0 radical (unpaired) electrons. The molecular weight excluding hydrogens is 376 g/mol. The van der Waals surface area contributed by atoms with E-state index >= 15 is 0 Å². The number of amides is 2. The molecule has 1 fully saturated rings. The molecule has 0 spiro atoms. The van der Waals surface area contributed by atoms with Crippen molar-refractivity contribution in [2.45, 2.75) is 38.6 Å². The average molecular weight is 406 g/mol. The Bertz CT molecular complexity index is 706. The Morgan fingerprint density at radius 2 is 1.62 bits per heavy atom. The van der Waals surface area contributed by atoms with Crippen molar-refractivity contribution in [3.63, 3.8) is 0 Å². The molecule has 0 saturated heterocycles. The standard InChI is InChI=1S/C21H30N2O6/c1-14-5-7-16(8-6-14)23(2)19(24)13-29-20(25)12-22-21(26)15-9-17(27-3)11-18(10-15)28-4/h9-11,14,16H,5-8,12-13H2,1-4H3,(H,22,26). The number of carbonyl (C=O) groups is 3. The van der Waals surface area contributed by atoms with Crippen LogP contribution in [-0.4, -0.2) is 63.1 Å². The molecule has 0 bridgehead atoms. The van der Waals surface area contributed by atoms with E-state index in [9.17, 15) is 14.4 Å². The molecule has 0 heterocycles. The van der Waals surface area contributed by atoms with Gasteiger partial charge in [-0.1, -0.05) is 6.92 Å². The van der Waals surface area contributed by atoms with Crippen molar-refractivity contribution in [1.29, 1.82) is 0 Å². The van der Waals surface area contributed by atoms with Crippen molar-refractivity contribution in [3.05, 3.63) is 23.8 Å². The fourth-order valence-electron chi connectivity index (χ4n) is 3.32. The van der Waals surface area contributed by atoms with Crippen LogP contribution < -0.4 is 14.8 Å². The smallest absolute Gasteiger partial charge is 0.325 e. The highest BCUT2D eigenvalue weighted by molar-refractivity contribution is 5.96. The summed E-state index contributed by atoms with van der Waals surface area (Å²) in [5, 5.41) is 2.47. The zero-order valence-electron chi connectivity index (χ0n) is 17.5. The lowest BCUT2D eigenvalue weighted by atomic mass is 9.87. The van der Waals surface area contributed by atoms with Gasteiger partial charge in [0, 0.05) is 24.7 Å². The second kappa shape index (κ2) is 10.7. The molecule has 160 valence electrons. The number of benzene rings is 1. The zero-order chi connectivity index (χ0) is 21.4. The Kier molecular flexibility index (Phi) is 8.30. The Balaban J connectivity index is 1.78. The van der Waals surface area contributed by atoms with Gasteiger partial charge in [-0.3, -0.25) is 14.4 Å². The Hall–Kier alpha value is -2.77. The lowest BCUT2D eigenvalue weighted by Gasteiger charge is -2.33. The fraction of sp³-hybridized carbons (Fsp3) is 0.571. The minimum Gasteiger partial charge on any atom is -0.497 e. The molecule has 2 rings (SSSR count). The summed E-state index contributed by atoms with van der Waals surface area (Å²) in [5.41, 5.74) is 0.288. The van der Waals surface area contributed by atoms with E-state index in [4.69, 9.17) is 14.2 Å². The summed E-state index contributed by atoms with van der Waals surface area (Å²) in [6, 6.07) is 4.90. The van der Waals surface area contributed by atoms with Crippen LogP contribution >= 0.6 is 0 Å². The van der Waals surface area contributed by atoms with Crippen LogP contribution in [0.15, 0.2) is 18.2 Å². The topological polar surface area (TPSA) is 94.2 Å². The third kappa shape index (κ3) is 6.66. The molecule has 0 atom stereocenters. The highest BCUT2D eigenvalue weighted by Gasteiger charge is 2.25. The van der Waals surface area contributed by atoms with Gasteiger partial charge >= 0.3 is 5.97 Å². The van der Waals surface area contributed by atoms with Gasteiger partial charge in [0.1, 0.15) is 18.0 Å². The molecule has 1 N–H and O–H groups in total. The minimum absolute atomic E-state index is 0.195. The van der Waals surface area contributed by atoms with E-state index in [-0.39, 0.29) is 30.7 Å². The van der Waals surface area contributed by atoms with Gasteiger partial charge in [-0.15, -0.1) is 0 Å². The van der Waals surface area contributed by atoms with Crippen molar-refractivity contribution in [1.82, 2.24) is 10.2 Å². The van der Waals surface area contributed by atoms with E-state index in [0.29, 0.717) is 17.4 Å². The molecule has 1 aliphatic rings. The van der Waals surface area contributed by atoms with Gasteiger partial charge in [-0.05, 0) is 43.7 Å². The number of likely N-dealkylation sites (N-methyl/N-ethyl adjacent to an activating group) is 1. The Morgan fingerprint density at radius 1 is 1.03 bits per heavy atom. The van der Waals surface area contributed by atoms with Gasteiger partial charge in [0.25, 0.3) is 11.8 Å². The Morgan fingerprint density at radius 3 is 2.17 bits per heavy atom. The van der Waals surface area contributed by atoms with Gasteiger partial charge in [0.05, 0.1) is 14.2 Å². The van der Waals surface area contributed by atoms with Crippen LogP contribution in [0, 0.1) is 5.92 Å². The number of ether oxygens (including phenoxy) is 3. The highest BCUT2D eigenvalue weighted by atomic mass is 16.5. The summed E-state index contributed by atoms with van der Waals surface area (Å²) < 4.78 is 15.3. The van der Waals surface area contributed by atoms with Crippen molar-refractivity contribution >= 4 is 17.8 Å². The van der Waals surface area contributed by atoms with Crippen molar-refractivity contribution in [3.8, 4) is 11.5 Å². The first-order chi connectivity index (χ1) is 13.8. The van der Waals surface area contributed by atoms with E-state index in [0.717, 1.165) is 25.7 Å². The molecule has 29 heavy (non-hydrogen) atoms. The number of nitrogens with zero attached hydrogens (tertiary/aromatic N) is 1. The SMILES string of the molecule is COc1cc(OC)cc(C(=O)NCC(=O)OCC(=O)N(C)C2CCC(C)CC2)c1. The van der Waals surface area contributed by atoms with Crippen LogP contribution in [0.3, 0.4) is 0 Å². The third-order valence-electron chi connectivity index (χ3n) is 5.29. The summed E-state index contributed by atoms with van der Waals surface area (Å²) >= 11 is 0. The molecule has 0 aliphatic heterocycles. The number of carbonyl (C=O) groups excluding carboxylic acids is 3. The van der Waals surface area contributed by atoms with Gasteiger partial charge in [-0.2, -0.15) is 0 Å². The average Bonchev–Trinajstić information content (AvgIpc) is 2.75. The summed E-state index contributed by atoms with van der Waals surface area (Å²) in [7, 11) is 4.71. The predicted octanol–water partition coefficient (Wildman–Crippen LogP) is 2.01. The molecule has 2 amide bonds. The van der Waals surface area contributed by atoms with Crippen molar-refractivity contribution in [2.24, 2.45) is 5.92 Å². The molecule has 1 aromatic carbocycles. The summed E-state index contributed by atoms with van der Waals surface area (Å²) in [5.74, 6) is 0.235. The number of hydrogen-bond donors (Lipinski definition) is 1. The second-order valence-electron chi connectivity index (χ2n) is 7.36. The molecule has 1 aliphatic carbocycles. The fourth-order valence-corrected chi connectivity index (χ4v) is 3.32. The molecule has 0 unspecified atom stereocenters. The van der Waals surface area contributed by atoms with E-state index in [1.54, 1.807) is 18.0 Å². The lowest BCUT2D eigenvalue weighted by molar-refractivity contribution is -0.151. The maximum absolute atomic E-state index is 12.3. The maximum atomic E-state index is 12.3. The first kappa shape index (κ1) is 22.5. The van der Waals surface area contributed by atoms with Crippen LogP contribution in [0.5, 0.6) is 11.5 Å². The van der Waals surface area contributed by atoms with Crippen molar-refractivity contribution < 1.29 is 28.6 Å². The van der Waals surface area contributed by atoms with E-state index in [1.807, 2.05) is 0 Å². The minimum atomic E-state index is -0.674. The van der Waals surface area contributed by atoms with Crippen molar-refractivity contribution in [2.75, 3.05) is 34.4 Å². The Labute approximate surface area is 171 Å². The largest absolute Gasteiger partial charge is 0.497 e. The summed E-state index contributed by atoms with van der Waals surface area (Å²) in [6.07, 6.45) is 4.14. The maximum Gasteiger partial charge on any atom is 0.325 e. The number of methoxy groups -OCH3 is 2. The zero-order valence-corrected chi connectivity index (χ0v) is 17.5. The van der Waals surface area contributed by atoms with Gasteiger partial charge in [0.15, 0.2) is 6.61 Å². The number of esters is 1. The van der Waals surface area contributed by atoms with Crippen LogP contribution in [0.4, 0.5) is 0 Å². The third-order valence-corrected chi connectivity index (χ3v) is 5.29. The number of hydrogen-bond acceptors (Lipinski definition) is 6.